The summed E-state index contributed by atoms with van der Waals surface area (Å²) in [5.74, 6) is 0. The van der Waals surface area contributed by atoms with Gasteiger partial charge in [-0.1, -0.05) is 11.6 Å². The van der Waals surface area contributed by atoms with Crippen LogP contribution in [0.2, 0.25) is 5.02 Å². The van der Waals surface area contributed by atoms with E-state index in [1.165, 1.54) is 6.33 Å². The summed E-state index contributed by atoms with van der Waals surface area (Å²) in [6, 6.07) is 0. The Morgan fingerprint density at radius 2 is 2.44 bits per heavy atom. The third-order valence-corrected chi connectivity index (χ3v) is 3.13. The number of hydrogen-bond acceptors (Lipinski definition) is 4. The zero-order valence-electron chi connectivity index (χ0n) is 9.89. The van der Waals surface area contributed by atoms with E-state index in [0.29, 0.717) is 29.0 Å². The van der Waals surface area contributed by atoms with E-state index in [4.69, 9.17) is 21.4 Å². The average Bonchev–Trinajstić information content (AvgIpc) is 2.69. The molecule has 7 heteroatoms. The number of aliphatic hydroxyl groups excluding tert-OH is 1. The number of hydrogen-bond donors (Lipinski definition) is 2. The summed E-state index contributed by atoms with van der Waals surface area (Å²) in [6.45, 7) is 0.524. The molecule has 6 nitrogen and oxygen atoms in total. The van der Waals surface area contributed by atoms with Gasteiger partial charge in [0.15, 0.2) is 0 Å². The molecule has 2 aromatic heterocycles. The fourth-order valence-corrected chi connectivity index (χ4v) is 2.11. The molecule has 2 rings (SSSR count). The second kappa shape index (κ2) is 5.51. The van der Waals surface area contributed by atoms with Gasteiger partial charge in [0.2, 0.25) is 0 Å². The molecule has 0 amide bonds. The number of methoxy groups -OCH3 is 1. The van der Waals surface area contributed by atoms with Crippen molar-refractivity contribution in [2.75, 3.05) is 13.7 Å². The third-order valence-electron chi connectivity index (χ3n) is 2.84. The first-order valence-corrected chi connectivity index (χ1v) is 5.90. The van der Waals surface area contributed by atoms with Gasteiger partial charge in [0, 0.05) is 19.9 Å². The van der Waals surface area contributed by atoms with E-state index in [1.807, 2.05) is 0 Å². The minimum Gasteiger partial charge on any atom is -0.394 e. The lowest BCUT2D eigenvalue weighted by Crippen LogP contribution is -2.18. The molecule has 0 radical (unpaired) electrons. The van der Waals surface area contributed by atoms with E-state index in [2.05, 4.69) is 9.97 Å². The molecule has 0 fully saturated rings. The number of rotatable bonds is 5. The van der Waals surface area contributed by atoms with Gasteiger partial charge in [0.1, 0.15) is 11.0 Å². The van der Waals surface area contributed by atoms with E-state index in [1.54, 1.807) is 17.9 Å². The molecule has 0 spiro atoms. The normalized spacial score (nSPS) is 13.1. The van der Waals surface area contributed by atoms with Crippen LogP contribution in [0.25, 0.3) is 11.0 Å². The van der Waals surface area contributed by atoms with Crippen LogP contribution in [0.3, 0.4) is 0 Å². The van der Waals surface area contributed by atoms with E-state index < -0.39 is 0 Å². The summed E-state index contributed by atoms with van der Waals surface area (Å²) < 4.78 is 6.87. The first-order chi connectivity index (χ1) is 8.67. The van der Waals surface area contributed by atoms with Gasteiger partial charge in [-0.25, -0.2) is 4.98 Å². The molecular weight excluding hydrogens is 258 g/mol. The van der Waals surface area contributed by atoms with Crippen LogP contribution in [0.4, 0.5) is 0 Å². The van der Waals surface area contributed by atoms with Gasteiger partial charge in [-0.3, -0.25) is 4.79 Å². The Bertz CT molecular complexity index is 589. The van der Waals surface area contributed by atoms with E-state index in [0.717, 1.165) is 0 Å². The quantitative estimate of drug-likeness (QED) is 0.842. The number of fused-ring (bicyclic) bond motifs is 1. The molecule has 0 aliphatic carbocycles. The molecule has 0 aliphatic rings. The standard InChI is InChI=1S/C11H14ClN3O3/c1-18-7(5-16)2-3-15-4-8(12)9-10(15)13-6-14-11(9)17/h4,6-7,16H,2-3,5H2,1H3,(H,13,14,17). The number of aryl methyl sites for hydroxylation is 1. The van der Waals surface area contributed by atoms with Crippen molar-refractivity contribution in [3.63, 3.8) is 0 Å². The fraction of sp³-hybridized carbons (Fsp3) is 0.455. The summed E-state index contributed by atoms with van der Waals surface area (Å²) in [5, 5.41) is 9.79. The van der Waals surface area contributed by atoms with Crippen molar-refractivity contribution in [1.29, 1.82) is 0 Å². The minimum atomic E-state index is -0.255. The maximum Gasteiger partial charge on any atom is 0.261 e. The maximum atomic E-state index is 11.6. The van der Waals surface area contributed by atoms with Crippen molar-refractivity contribution in [3.8, 4) is 0 Å². The third kappa shape index (κ3) is 2.40. The number of H-pyrrole nitrogens is 1. The van der Waals surface area contributed by atoms with Crippen molar-refractivity contribution >= 4 is 22.6 Å². The second-order valence-electron chi connectivity index (χ2n) is 3.93. The fourth-order valence-electron chi connectivity index (χ4n) is 1.82. The van der Waals surface area contributed by atoms with Crippen LogP contribution in [-0.4, -0.2) is 39.5 Å². The van der Waals surface area contributed by atoms with Crippen molar-refractivity contribution in [2.24, 2.45) is 0 Å². The summed E-state index contributed by atoms with van der Waals surface area (Å²) >= 11 is 6.00. The van der Waals surface area contributed by atoms with Gasteiger partial charge in [0.05, 0.1) is 24.1 Å². The Labute approximate surface area is 108 Å². The van der Waals surface area contributed by atoms with Gasteiger partial charge in [0.25, 0.3) is 5.56 Å². The highest BCUT2D eigenvalue weighted by Crippen LogP contribution is 2.21. The summed E-state index contributed by atoms with van der Waals surface area (Å²) in [6.07, 6.45) is 3.39. The van der Waals surface area contributed by atoms with Crippen LogP contribution in [0.1, 0.15) is 6.42 Å². The van der Waals surface area contributed by atoms with Crippen molar-refractivity contribution in [2.45, 2.75) is 19.1 Å². The molecular formula is C11H14ClN3O3. The summed E-state index contributed by atoms with van der Waals surface area (Å²) in [4.78, 5) is 18.2. The molecule has 0 saturated carbocycles. The Kier molecular flexibility index (Phi) is 4.00. The Morgan fingerprint density at radius 1 is 1.67 bits per heavy atom. The van der Waals surface area contributed by atoms with E-state index >= 15 is 0 Å². The predicted octanol–water partition coefficient (Wildman–Crippen LogP) is 0.775. The van der Waals surface area contributed by atoms with E-state index in [9.17, 15) is 4.79 Å². The second-order valence-corrected chi connectivity index (χ2v) is 4.34. The Hall–Kier alpha value is -1.37. The Balaban J connectivity index is 2.29. The zero-order valence-corrected chi connectivity index (χ0v) is 10.6. The number of nitrogens with zero attached hydrogens (tertiary/aromatic N) is 2. The summed E-state index contributed by atoms with van der Waals surface area (Å²) in [7, 11) is 1.55. The summed E-state index contributed by atoms with van der Waals surface area (Å²) in [5.41, 5.74) is 0.283. The topological polar surface area (TPSA) is 80.1 Å². The molecule has 2 aromatic rings. The van der Waals surface area contributed by atoms with Gasteiger partial charge < -0.3 is 19.4 Å². The number of aromatic nitrogens is 3. The SMILES string of the molecule is COC(CO)CCn1cc(Cl)c2c(=O)[nH]cnc21. The Morgan fingerprint density at radius 3 is 3.11 bits per heavy atom. The molecule has 0 aliphatic heterocycles. The van der Waals surface area contributed by atoms with Gasteiger partial charge >= 0.3 is 0 Å². The zero-order chi connectivity index (χ0) is 13.1. The highest BCUT2D eigenvalue weighted by atomic mass is 35.5. The monoisotopic (exact) mass is 271 g/mol. The molecule has 18 heavy (non-hydrogen) atoms. The lowest BCUT2D eigenvalue weighted by atomic mass is 10.2. The van der Waals surface area contributed by atoms with Crippen LogP contribution >= 0.6 is 11.6 Å². The van der Waals surface area contributed by atoms with Gasteiger partial charge in [-0.15, -0.1) is 0 Å². The smallest absolute Gasteiger partial charge is 0.261 e. The number of aliphatic hydroxyl groups is 1. The van der Waals surface area contributed by atoms with Gasteiger partial charge in [-0.2, -0.15) is 0 Å². The number of halogens is 1. The van der Waals surface area contributed by atoms with Crippen LogP contribution in [-0.2, 0) is 11.3 Å². The average molecular weight is 272 g/mol. The lowest BCUT2D eigenvalue weighted by Gasteiger charge is -2.12. The van der Waals surface area contributed by atoms with E-state index in [-0.39, 0.29) is 18.3 Å². The molecule has 2 N–H and O–H groups in total. The van der Waals surface area contributed by atoms with Crippen LogP contribution in [0.15, 0.2) is 17.3 Å². The molecule has 2 heterocycles. The predicted molar refractivity (Wildman–Crippen MR) is 67.9 cm³/mol. The molecule has 1 unspecified atom stereocenters. The van der Waals surface area contributed by atoms with Crippen LogP contribution in [0, 0.1) is 0 Å². The van der Waals surface area contributed by atoms with Crippen molar-refractivity contribution in [1.82, 2.24) is 14.5 Å². The molecule has 0 saturated heterocycles. The van der Waals surface area contributed by atoms with Gasteiger partial charge in [-0.05, 0) is 6.42 Å². The first-order valence-electron chi connectivity index (χ1n) is 5.53. The van der Waals surface area contributed by atoms with Crippen molar-refractivity contribution < 1.29 is 9.84 Å². The number of ether oxygens (including phenoxy) is 1. The number of aromatic amines is 1. The molecule has 98 valence electrons. The number of nitrogens with one attached hydrogen (secondary N) is 1. The largest absolute Gasteiger partial charge is 0.394 e. The van der Waals surface area contributed by atoms with Crippen LogP contribution < -0.4 is 5.56 Å². The molecule has 1 atom stereocenters. The minimum absolute atomic E-state index is 0.0442. The maximum absolute atomic E-state index is 11.6. The highest BCUT2D eigenvalue weighted by Gasteiger charge is 2.13. The molecule has 0 bridgehead atoms. The van der Waals surface area contributed by atoms with Crippen molar-refractivity contribution in [3.05, 3.63) is 27.9 Å². The molecule has 0 aromatic carbocycles. The first kappa shape index (κ1) is 13.1. The lowest BCUT2D eigenvalue weighted by molar-refractivity contribution is 0.0405. The highest BCUT2D eigenvalue weighted by molar-refractivity contribution is 6.35. The van der Waals surface area contributed by atoms with Crippen LogP contribution in [0.5, 0.6) is 0 Å².